The molecule has 0 spiro atoms. The van der Waals surface area contributed by atoms with E-state index in [2.05, 4.69) is 36.5 Å². The molecule has 0 bridgehead atoms. The van der Waals surface area contributed by atoms with Crippen LogP contribution in [0.1, 0.15) is 10.5 Å². The van der Waals surface area contributed by atoms with Crippen molar-refractivity contribution in [2.24, 2.45) is 0 Å². The average molecular weight is 387 g/mol. The number of nitrogens with one attached hydrogen (secondary N) is 2. The zero-order valence-electron chi connectivity index (χ0n) is 12.3. The second kappa shape index (κ2) is 7.18. The van der Waals surface area contributed by atoms with Crippen molar-refractivity contribution in [1.29, 1.82) is 0 Å². The van der Waals surface area contributed by atoms with Crippen molar-refractivity contribution in [2.45, 2.75) is 0 Å². The topological polar surface area (TPSA) is 66.9 Å². The fraction of sp³-hybridized carbons (Fsp3) is 0. The number of hydrogen-bond donors (Lipinski definition) is 2. The number of carbonyl (C=O) groups is 1. The van der Waals surface area contributed by atoms with Gasteiger partial charge in [-0.3, -0.25) is 4.79 Å². The van der Waals surface area contributed by atoms with Crippen LogP contribution in [0, 0.1) is 5.82 Å². The van der Waals surface area contributed by atoms with Crippen molar-refractivity contribution in [3.05, 3.63) is 76.8 Å². The van der Waals surface area contributed by atoms with Gasteiger partial charge in [-0.25, -0.2) is 14.4 Å². The minimum atomic E-state index is -0.400. The Balaban J connectivity index is 1.73. The number of aromatic nitrogens is 2. The SMILES string of the molecule is O=C(Nc1ccc(F)cc1)c1ccnc(Nc2ccc(Br)cc2)n1. The third-order valence-corrected chi connectivity index (χ3v) is 3.62. The lowest BCUT2D eigenvalue weighted by molar-refractivity contribution is 0.102. The van der Waals surface area contributed by atoms with E-state index >= 15 is 0 Å². The van der Waals surface area contributed by atoms with Crippen LogP contribution in [0.3, 0.4) is 0 Å². The number of nitrogens with zero attached hydrogens (tertiary/aromatic N) is 2. The van der Waals surface area contributed by atoms with Gasteiger partial charge in [-0.2, -0.15) is 0 Å². The molecule has 0 unspecified atom stereocenters. The maximum absolute atomic E-state index is 12.9. The van der Waals surface area contributed by atoms with Gasteiger partial charge in [0.1, 0.15) is 11.5 Å². The Morgan fingerprint density at radius 2 is 1.62 bits per heavy atom. The molecule has 1 aromatic heterocycles. The Kier molecular flexibility index (Phi) is 4.81. The molecule has 2 aromatic carbocycles. The van der Waals surface area contributed by atoms with Gasteiger partial charge in [0, 0.05) is 22.0 Å². The fourth-order valence-corrected chi connectivity index (χ4v) is 2.20. The van der Waals surface area contributed by atoms with E-state index in [0.717, 1.165) is 10.2 Å². The van der Waals surface area contributed by atoms with Gasteiger partial charge in [0.05, 0.1) is 0 Å². The minimum absolute atomic E-state index is 0.203. The van der Waals surface area contributed by atoms with E-state index in [1.165, 1.54) is 36.5 Å². The van der Waals surface area contributed by atoms with Crippen molar-refractivity contribution >= 4 is 39.2 Å². The van der Waals surface area contributed by atoms with Gasteiger partial charge in [-0.05, 0) is 54.6 Å². The molecule has 1 heterocycles. The molecule has 0 saturated carbocycles. The van der Waals surface area contributed by atoms with Gasteiger partial charge in [-0.1, -0.05) is 15.9 Å². The highest BCUT2D eigenvalue weighted by Gasteiger charge is 2.09. The number of anilines is 3. The summed E-state index contributed by atoms with van der Waals surface area (Å²) in [5.74, 6) is -0.456. The number of benzene rings is 2. The van der Waals surface area contributed by atoms with Gasteiger partial charge >= 0.3 is 0 Å². The van der Waals surface area contributed by atoms with Gasteiger partial charge in [0.15, 0.2) is 0 Å². The molecular weight excluding hydrogens is 375 g/mol. The highest BCUT2D eigenvalue weighted by atomic mass is 79.9. The van der Waals surface area contributed by atoms with Crippen molar-refractivity contribution in [2.75, 3.05) is 10.6 Å². The molecule has 3 rings (SSSR count). The van der Waals surface area contributed by atoms with Crippen LogP contribution >= 0.6 is 15.9 Å². The lowest BCUT2D eigenvalue weighted by atomic mass is 10.3. The molecule has 0 saturated heterocycles. The lowest BCUT2D eigenvalue weighted by Gasteiger charge is -2.07. The molecule has 0 atom stereocenters. The summed E-state index contributed by atoms with van der Waals surface area (Å²) < 4.78 is 13.8. The highest BCUT2D eigenvalue weighted by molar-refractivity contribution is 9.10. The van der Waals surface area contributed by atoms with Crippen molar-refractivity contribution in [3.8, 4) is 0 Å². The van der Waals surface area contributed by atoms with E-state index in [4.69, 9.17) is 0 Å². The Labute approximate surface area is 146 Å². The first kappa shape index (κ1) is 16.1. The molecule has 24 heavy (non-hydrogen) atoms. The second-order valence-electron chi connectivity index (χ2n) is 4.86. The lowest BCUT2D eigenvalue weighted by Crippen LogP contribution is -2.14. The van der Waals surface area contributed by atoms with Crippen molar-refractivity contribution in [1.82, 2.24) is 9.97 Å². The van der Waals surface area contributed by atoms with Crippen LogP contribution < -0.4 is 10.6 Å². The summed E-state index contributed by atoms with van der Waals surface area (Å²) in [5.41, 5.74) is 1.49. The van der Waals surface area contributed by atoms with Crippen molar-refractivity contribution < 1.29 is 9.18 Å². The molecule has 3 aromatic rings. The first-order chi connectivity index (χ1) is 11.6. The van der Waals surface area contributed by atoms with E-state index < -0.39 is 5.91 Å². The normalized spacial score (nSPS) is 10.2. The van der Waals surface area contributed by atoms with Gasteiger partial charge < -0.3 is 10.6 Å². The van der Waals surface area contributed by atoms with Crippen molar-refractivity contribution in [3.63, 3.8) is 0 Å². The quantitative estimate of drug-likeness (QED) is 0.698. The van der Waals surface area contributed by atoms with E-state index in [1.807, 2.05) is 24.3 Å². The first-order valence-electron chi connectivity index (χ1n) is 7.03. The maximum Gasteiger partial charge on any atom is 0.274 e. The molecule has 7 heteroatoms. The molecule has 2 N–H and O–H groups in total. The van der Waals surface area contributed by atoms with E-state index in [1.54, 1.807) is 0 Å². The molecule has 0 fully saturated rings. The van der Waals surface area contributed by atoms with Crippen LogP contribution in [0.2, 0.25) is 0 Å². The molecule has 0 aliphatic rings. The predicted molar refractivity (Wildman–Crippen MR) is 93.8 cm³/mol. The summed E-state index contributed by atoms with van der Waals surface area (Å²) in [4.78, 5) is 20.5. The van der Waals surface area contributed by atoms with Crippen LogP contribution in [-0.4, -0.2) is 15.9 Å². The Hall–Kier alpha value is -2.80. The number of amides is 1. The number of hydrogen-bond acceptors (Lipinski definition) is 4. The van der Waals surface area contributed by atoms with Crippen LogP contribution in [0.15, 0.2) is 65.3 Å². The predicted octanol–water partition coefficient (Wildman–Crippen LogP) is 4.37. The molecule has 0 radical (unpaired) electrons. The third-order valence-electron chi connectivity index (χ3n) is 3.09. The zero-order valence-corrected chi connectivity index (χ0v) is 13.9. The van der Waals surface area contributed by atoms with Crippen LogP contribution in [0.5, 0.6) is 0 Å². The number of carbonyl (C=O) groups excluding carboxylic acids is 1. The molecule has 5 nitrogen and oxygen atoms in total. The Morgan fingerprint density at radius 3 is 2.33 bits per heavy atom. The molecular formula is C17H12BrFN4O. The van der Waals surface area contributed by atoms with Crippen LogP contribution in [0.25, 0.3) is 0 Å². The fourth-order valence-electron chi connectivity index (χ4n) is 1.94. The molecule has 1 amide bonds. The average Bonchev–Trinajstić information content (AvgIpc) is 2.59. The minimum Gasteiger partial charge on any atom is -0.324 e. The number of rotatable bonds is 4. The standard InChI is InChI=1S/C17H12BrFN4O/c18-11-1-5-14(6-2-11)22-17-20-10-9-15(23-17)16(24)21-13-7-3-12(19)4-8-13/h1-10H,(H,21,24)(H,20,22,23). The molecule has 0 aliphatic heterocycles. The third kappa shape index (κ3) is 4.14. The summed E-state index contributed by atoms with van der Waals surface area (Å²) >= 11 is 3.36. The zero-order chi connectivity index (χ0) is 16.9. The van der Waals surface area contributed by atoms with E-state index in [0.29, 0.717) is 11.6 Å². The maximum atomic E-state index is 12.9. The highest BCUT2D eigenvalue weighted by Crippen LogP contribution is 2.17. The van der Waals surface area contributed by atoms with Gasteiger partial charge in [0.2, 0.25) is 5.95 Å². The van der Waals surface area contributed by atoms with Crippen LogP contribution in [-0.2, 0) is 0 Å². The largest absolute Gasteiger partial charge is 0.324 e. The smallest absolute Gasteiger partial charge is 0.274 e. The Bertz CT molecular complexity index is 853. The van der Waals surface area contributed by atoms with E-state index in [9.17, 15) is 9.18 Å². The van der Waals surface area contributed by atoms with E-state index in [-0.39, 0.29) is 11.5 Å². The summed E-state index contributed by atoms with van der Waals surface area (Å²) in [6.45, 7) is 0. The first-order valence-corrected chi connectivity index (χ1v) is 7.82. The van der Waals surface area contributed by atoms with Gasteiger partial charge in [-0.15, -0.1) is 0 Å². The second-order valence-corrected chi connectivity index (χ2v) is 5.77. The Morgan fingerprint density at radius 1 is 0.958 bits per heavy atom. The number of halogens is 2. The summed E-state index contributed by atoms with van der Waals surface area (Å²) in [6, 6.07) is 14.5. The molecule has 120 valence electrons. The molecule has 0 aliphatic carbocycles. The monoisotopic (exact) mass is 386 g/mol. The summed E-state index contributed by atoms with van der Waals surface area (Å²) in [5, 5.41) is 5.68. The summed E-state index contributed by atoms with van der Waals surface area (Å²) in [7, 11) is 0. The summed E-state index contributed by atoms with van der Waals surface area (Å²) in [6.07, 6.45) is 1.49. The van der Waals surface area contributed by atoms with Gasteiger partial charge in [0.25, 0.3) is 5.91 Å². The van der Waals surface area contributed by atoms with Crippen LogP contribution in [0.4, 0.5) is 21.7 Å².